The van der Waals surface area contributed by atoms with E-state index >= 15 is 0 Å². The second kappa shape index (κ2) is 3.61. The van der Waals surface area contributed by atoms with Crippen molar-refractivity contribution >= 4 is 5.97 Å². The zero-order valence-electron chi connectivity index (χ0n) is 12.0. The van der Waals surface area contributed by atoms with Crippen molar-refractivity contribution in [2.24, 2.45) is 16.7 Å². The lowest BCUT2D eigenvalue weighted by molar-refractivity contribution is -0.146. The molecule has 18 heavy (non-hydrogen) atoms. The van der Waals surface area contributed by atoms with Gasteiger partial charge in [-0.25, -0.2) is 0 Å². The topological polar surface area (TPSA) is 26.3 Å². The Morgan fingerprint density at radius 1 is 1.22 bits per heavy atom. The van der Waals surface area contributed by atoms with E-state index in [1.165, 1.54) is 36.8 Å². The van der Waals surface area contributed by atoms with Gasteiger partial charge in [-0.05, 0) is 63.9 Å². The van der Waals surface area contributed by atoms with Crippen molar-refractivity contribution in [1.82, 2.24) is 0 Å². The van der Waals surface area contributed by atoms with Crippen molar-refractivity contribution in [3.05, 3.63) is 11.1 Å². The Labute approximate surface area is 110 Å². The van der Waals surface area contributed by atoms with Crippen LogP contribution in [0.4, 0.5) is 0 Å². The maximum atomic E-state index is 12.1. The first-order valence-electron chi connectivity index (χ1n) is 7.27. The van der Waals surface area contributed by atoms with Crippen LogP contribution >= 0.6 is 0 Å². The van der Waals surface area contributed by atoms with Crippen LogP contribution in [0.5, 0.6) is 0 Å². The molecule has 0 bridgehead atoms. The molecular weight excluding hydrogens is 224 g/mol. The van der Waals surface area contributed by atoms with Crippen molar-refractivity contribution in [3.63, 3.8) is 0 Å². The molecule has 0 radical (unpaired) electrons. The van der Waals surface area contributed by atoms with E-state index in [-0.39, 0.29) is 17.5 Å². The molecule has 2 aliphatic carbocycles. The van der Waals surface area contributed by atoms with E-state index in [9.17, 15) is 4.79 Å². The minimum absolute atomic E-state index is 0.00706. The van der Waals surface area contributed by atoms with Crippen LogP contribution in [0, 0.1) is 16.7 Å². The third kappa shape index (κ3) is 1.44. The third-order valence-electron chi connectivity index (χ3n) is 5.73. The Kier molecular flexibility index (Phi) is 2.46. The Hall–Kier alpha value is -0.790. The zero-order valence-corrected chi connectivity index (χ0v) is 12.0. The van der Waals surface area contributed by atoms with E-state index in [0.29, 0.717) is 11.3 Å². The molecule has 2 fully saturated rings. The fourth-order valence-electron chi connectivity index (χ4n) is 4.50. The maximum Gasteiger partial charge on any atom is 0.312 e. The average molecular weight is 248 g/mol. The predicted octanol–water partition coefficient (Wildman–Crippen LogP) is 3.85. The van der Waals surface area contributed by atoms with Gasteiger partial charge < -0.3 is 4.74 Å². The number of ether oxygens (including phenoxy) is 1. The third-order valence-corrected chi connectivity index (χ3v) is 5.73. The molecule has 3 aliphatic rings. The van der Waals surface area contributed by atoms with Crippen molar-refractivity contribution < 1.29 is 9.53 Å². The summed E-state index contributed by atoms with van der Waals surface area (Å²) < 4.78 is 5.79. The summed E-state index contributed by atoms with van der Waals surface area (Å²) in [4.78, 5) is 12.1. The standard InChI is InChI=1S/C16H24O2/c1-10-6-5-8-16(4)9-7-11-13(12(10)16)18-14(17)15(11,2)3/h11,13H,5-9H2,1-4H3. The van der Waals surface area contributed by atoms with Crippen LogP contribution in [0.1, 0.15) is 59.8 Å². The summed E-state index contributed by atoms with van der Waals surface area (Å²) in [6, 6.07) is 0. The van der Waals surface area contributed by atoms with Crippen LogP contribution in [-0.4, -0.2) is 12.1 Å². The van der Waals surface area contributed by atoms with Crippen LogP contribution in [0.25, 0.3) is 0 Å². The van der Waals surface area contributed by atoms with Gasteiger partial charge in [-0.1, -0.05) is 12.5 Å². The number of allylic oxidation sites excluding steroid dienone is 1. The minimum atomic E-state index is -0.295. The molecule has 3 unspecified atom stereocenters. The second-order valence-electron chi connectivity index (χ2n) is 7.30. The van der Waals surface area contributed by atoms with Gasteiger partial charge in [0.25, 0.3) is 0 Å². The van der Waals surface area contributed by atoms with Crippen LogP contribution in [0.3, 0.4) is 0 Å². The summed E-state index contributed by atoms with van der Waals surface area (Å²) >= 11 is 0. The van der Waals surface area contributed by atoms with E-state index in [0.717, 1.165) is 6.42 Å². The van der Waals surface area contributed by atoms with Crippen LogP contribution in [0.15, 0.2) is 11.1 Å². The van der Waals surface area contributed by atoms with Gasteiger partial charge in [-0.2, -0.15) is 0 Å². The van der Waals surface area contributed by atoms with Gasteiger partial charge in [0.15, 0.2) is 0 Å². The lowest BCUT2D eigenvalue weighted by Gasteiger charge is -2.46. The van der Waals surface area contributed by atoms with Crippen molar-refractivity contribution in [3.8, 4) is 0 Å². The number of carbonyl (C=O) groups is 1. The molecule has 0 spiro atoms. The second-order valence-corrected chi connectivity index (χ2v) is 7.30. The van der Waals surface area contributed by atoms with Crippen molar-refractivity contribution in [1.29, 1.82) is 0 Å². The van der Waals surface area contributed by atoms with Gasteiger partial charge in [-0.3, -0.25) is 4.79 Å². The molecule has 0 N–H and O–H groups in total. The van der Waals surface area contributed by atoms with E-state index in [2.05, 4.69) is 27.7 Å². The van der Waals surface area contributed by atoms with Crippen LogP contribution in [0.2, 0.25) is 0 Å². The zero-order chi connectivity index (χ0) is 13.1. The van der Waals surface area contributed by atoms with Crippen molar-refractivity contribution in [2.75, 3.05) is 0 Å². The Balaban J connectivity index is 2.06. The molecule has 0 amide bonds. The molecular formula is C16H24O2. The molecule has 0 aromatic heterocycles. The molecule has 1 saturated carbocycles. The molecule has 3 rings (SSSR count). The molecule has 0 aromatic rings. The number of rotatable bonds is 0. The molecule has 1 heterocycles. The summed E-state index contributed by atoms with van der Waals surface area (Å²) in [5, 5.41) is 0. The van der Waals surface area contributed by atoms with Gasteiger partial charge in [0.05, 0.1) is 5.41 Å². The number of esters is 1. The predicted molar refractivity (Wildman–Crippen MR) is 71.0 cm³/mol. The summed E-state index contributed by atoms with van der Waals surface area (Å²) in [6.07, 6.45) is 6.18. The highest BCUT2D eigenvalue weighted by molar-refractivity contribution is 5.79. The number of hydrogen-bond acceptors (Lipinski definition) is 2. The Morgan fingerprint density at radius 3 is 2.67 bits per heavy atom. The van der Waals surface area contributed by atoms with Crippen LogP contribution < -0.4 is 0 Å². The SMILES string of the molecule is CC1=C2C3OC(=O)C(C)(C)C3CCC2(C)CCC1. The Morgan fingerprint density at radius 2 is 1.94 bits per heavy atom. The molecule has 2 nitrogen and oxygen atoms in total. The largest absolute Gasteiger partial charge is 0.457 e. The smallest absolute Gasteiger partial charge is 0.312 e. The quantitative estimate of drug-likeness (QED) is 0.481. The molecule has 0 aromatic carbocycles. The summed E-state index contributed by atoms with van der Waals surface area (Å²) in [7, 11) is 0. The van der Waals surface area contributed by atoms with E-state index in [4.69, 9.17) is 4.74 Å². The van der Waals surface area contributed by atoms with Gasteiger partial charge in [0, 0.05) is 5.92 Å². The maximum absolute atomic E-state index is 12.1. The molecule has 1 aliphatic heterocycles. The first-order chi connectivity index (χ1) is 8.36. The van der Waals surface area contributed by atoms with E-state index < -0.39 is 0 Å². The highest BCUT2D eigenvalue weighted by atomic mass is 16.6. The monoisotopic (exact) mass is 248 g/mol. The Bertz CT molecular complexity index is 432. The summed E-state index contributed by atoms with van der Waals surface area (Å²) in [5.41, 5.74) is 2.97. The number of hydrogen-bond donors (Lipinski definition) is 0. The summed E-state index contributed by atoms with van der Waals surface area (Å²) in [5.74, 6) is 0.397. The minimum Gasteiger partial charge on any atom is -0.457 e. The molecule has 3 atom stereocenters. The fourth-order valence-corrected chi connectivity index (χ4v) is 4.50. The van der Waals surface area contributed by atoms with Crippen LogP contribution in [-0.2, 0) is 9.53 Å². The first-order valence-corrected chi connectivity index (χ1v) is 7.27. The van der Waals surface area contributed by atoms with Crippen molar-refractivity contribution in [2.45, 2.75) is 65.9 Å². The van der Waals surface area contributed by atoms with E-state index in [1.54, 1.807) is 0 Å². The van der Waals surface area contributed by atoms with Gasteiger partial charge in [-0.15, -0.1) is 0 Å². The highest BCUT2D eigenvalue weighted by Crippen LogP contribution is 2.58. The lowest BCUT2D eigenvalue weighted by atomic mass is 9.57. The first kappa shape index (κ1) is 12.3. The van der Waals surface area contributed by atoms with Gasteiger partial charge >= 0.3 is 5.97 Å². The highest BCUT2D eigenvalue weighted by Gasteiger charge is 2.57. The fraction of sp³-hybridized carbons (Fsp3) is 0.812. The lowest BCUT2D eigenvalue weighted by Crippen LogP contribution is -2.42. The normalized spacial score (nSPS) is 42.3. The number of carbonyl (C=O) groups excluding carboxylic acids is 1. The summed E-state index contributed by atoms with van der Waals surface area (Å²) in [6.45, 7) is 8.73. The molecule has 100 valence electrons. The van der Waals surface area contributed by atoms with Gasteiger partial charge in [0.2, 0.25) is 0 Å². The average Bonchev–Trinajstić information content (AvgIpc) is 2.49. The molecule has 1 saturated heterocycles. The number of fused-ring (bicyclic) bond motifs is 3. The van der Waals surface area contributed by atoms with Gasteiger partial charge in [0.1, 0.15) is 6.10 Å². The molecule has 2 heteroatoms. The van der Waals surface area contributed by atoms with E-state index in [1.807, 2.05) is 0 Å².